The topological polar surface area (TPSA) is 76.1 Å². The highest BCUT2D eigenvalue weighted by Gasteiger charge is 2.64. The van der Waals surface area contributed by atoms with Crippen molar-refractivity contribution in [1.29, 1.82) is 0 Å². The normalized spacial score (nSPS) is 29.1. The van der Waals surface area contributed by atoms with Crippen molar-refractivity contribution in [3.8, 4) is 11.1 Å². The third-order valence-electron chi connectivity index (χ3n) is 7.07. The lowest BCUT2D eigenvalue weighted by molar-refractivity contribution is -0.223. The molecule has 2 unspecified atom stereocenters. The van der Waals surface area contributed by atoms with E-state index in [0.717, 1.165) is 48.1 Å². The summed E-state index contributed by atoms with van der Waals surface area (Å²) in [5, 5.41) is 2.22. The Morgan fingerprint density at radius 3 is 2.77 bits per heavy atom. The van der Waals surface area contributed by atoms with E-state index in [9.17, 15) is 0 Å². The molecule has 4 aliphatic rings. The first-order chi connectivity index (χ1) is 14.4. The van der Waals surface area contributed by atoms with Crippen LogP contribution < -0.4 is 5.73 Å². The van der Waals surface area contributed by atoms with Gasteiger partial charge in [-0.3, -0.25) is 9.98 Å². The van der Waals surface area contributed by atoms with Crippen molar-refractivity contribution in [3.05, 3.63) is 64.1 Å². The lowest BCUT2D eigenvalue weighted by Crippen LogP contribution is -2.47. The zero-order valence-corrected chi connectivity index (χ0v) is 17.7. The van der Waals surface area contributed by atoms with Gasteiger partial charge in [-0.15, -0.1) is 0 Å². The predicted molar refractivity (Wildman–Crippen MR) is 117 cm³/mol. The van der Waals surface area contributed by atoms with E-state index in [4.69, 9.17) is 27.2 Å². The number of aliphatic imine (C=N–C) groups is 2. The molecule has 3 heterocycles. The third kappa shape index (κ3) is 2.26. The molecule has 2 aliphatic heterocycles. The van der Waals surface area contributed by atoms with Crippen LogP contribution in [0.5, 0.6) is 0 Å². The largest absolute Gasteiger partial charge is 0.368 e. The van der Waals surface area contributed by atoms with E-state index >= 15 is 0 Å². The molecule has 0 radical (unpaired) electrons. The van der Waals surface area contributed by atoms with Gasteiger partial charge in [-0.1, -0.05) is 23.7 Å². The van der Waals surface area contributed by atoms with Gasteiger partial charge < -0.3 is 5.73 Å². The second kappa shape index (κ2) is 5.93. The summed E-state index contributed by atoms with van der Waals surface area (Å²) in [7, 11) is 1.83. The maximum atomic E-state index is 6.50. The van der Waals surface area contributed by atoms with E-state index < -0.39 is 5.72 Å². The number of aromatic nitrogens is 1. The van der Waals surface area contributed by atoms with Gasteiger partial charge in [0.05, 0.1) is 5.02 Å². The van der Waals surface area contributed by atoms with Crippen LogP contribution in [-0.2, 0) is 17.0 Å². The summed E-state index contributed by atoms with van der Waals surface area (Å²) in [5.74, 6) is 0.413. The molecule has 0 bridgehead atoms. The number of allylic oxidation sites excluding steroid dienone is 2. The number of hydrogen-bond donors (Lipinski definition) is 1. The number of rotatable bonds is 1. The summed E-state index contributed by atoms with van der Waals surface area (Å²) in [6.07, 6.45) is 7.21. The summed E-state index contributed by atoms with van der Waals surface area (Å²) in [5.41, 5.74) is 13.4. The second-order valence-corrected chi connectivity index (χ2v) is 9.16. The number of pyridine rings is 1. The number of nitrogens with zero attached hydrogens (tertiary/aromatic N) is 4. The molecule has 1 fully saturated rings. The monoisotopic (exact) mass is 419 g/mol. The molecule has 2 N–H and O–H groups in total. The van der Waals surface area contributed by atoms with Gasteiger partial charge in [0.15, 0.2) is 0 Å². The van der Waals surface area contributed by atoms with Crippen molar-refractivity contribution in [2.24, 2.45) is 21.1 Å². The highest BCUT2D eigenvalue weighted by molar-refractivity contribution is 6.30. The van der Waals surface area contributed by atoms with Crippen LogP contribution in [0.4, 0.5) is 0 Å². The van der Waals surface area contributed by atoms with Gasteiger partial charge in [0.25, 0.3) is 0 Å². The maximum Gasteiger partial charge on any atom is 0.221 e. The first-order valence-corrected chi connectivity index (χ1v) is 10.6. The Labute approximate surface area is 180 Å². The molecule has 7 heteroatoms. The van der Waals surface area contributed by atoms with Crippen LogP contribution in [0.1, 0.15) is 37.3 Å². The zero-order chi connectivity index (χ0) is 20.7. The molecule has 152 valence electrons. The maximum absolute atomic E-state index is 6.50. The van der Waals surface area contributed by atoms with Crippen LogP contribution in [0.15, 0.2) is 57.9 Å². The minimum Gasteiger partial charge on any atom is -0.368 e. The van der Waals surface area contributed by atoms with Crippen molar-refractivity contribution in [3.63, 3.8) is 0 Å². The molecular formula is C23H22ClN5O. The Morgan fingerprint density at radius 2 is 2.03 bits per heavy atom. The van der Waals surface area contributed by atoms with E-state index in [2.05, 4.69) is 35.1 Å². The number of hydrogen-bond acceptors (Lipinski definition) is 6. The van der Waals surface area contributed by atoms with Crippen LogP contribution >= 0.6 is 11.6 Å². The highest BCUT2D eigenvalue weighted by Crippen LogP contribution is 2.63. The fourth-order valence-electron chi connectivity index (χ4n) is 5.54. The molecular weight excluding hydrogens is 398 g/mol. The molecule has 2 aromatic rings. The van der Waals surface area contributed by atoms with Crippen LogP contribution in [0.25, 0.3) is 11.1 Å². The first-order valence-electron chi connectivity index (χ1n) is 10.2. The minimum atomic E-state index is -0.822. The SMILES string of the molecule is CC1=C2CC3(CCC2=N1)Cc1ccc(-c2cncc(Cl)c2)cc1C31N=C(N)N(C)O1. The summed E-state index contributed by atoms with van der Waals surface area (Å²) in [4.78, 5) is 20.3. The Hall–Kier alpha value is -2.70. The van der Waals surface area contributed by atoms with Crippen LogP contribution in [0.3, 0.4) is 0 Å². The zero-order valence-electron chi connectivity index (χ0n) is 16.9. The summed E-state index contributed by atoms with van der Waals surface area (Å²) < 4.78 is 0. The van der Waals surface area contributed by atoms with Gasteiger partial charge in [0.2, 0.25) is 11.7 Å². The van der Waals surface area contributed by atoms with Crippen molar-refractivity contribution in [1.82, 2.24) is 10.0 Å². The van der Waals surface area contributed by atoms with Gasteiger partial charge in [-0.2, -0.15) is 0 Å². The quantitative estimate of drug-likeness (QED) is 0.751. The number of fused-ring (bicyclic) bond motifs is 4. The molecule has 1 saturated carbocycles. The number of halogens is 1. The first kappa shape index (κ1) is 18.1. The van der Waals surface area contributed by atoms with E-state index in [-0.39, 0.29) is 5.41 Å². The third-order valence-corrected chi connectivity index (χ3v) is 7.27. The average molecular weight is 420 g/mol. The molecule has 30 heavy (non-hydrogen) atoms. The van der Waals surface area contributed by atoms with Gasteiger partial charge in [0.1, 0.15) is 0 Å². The predicted octanol–water partition coefficient (Wildman–Crippen LogP) is 4.20. The molecule has 2 aliphatic carbocycles. The van der Waals surface area contributed by atoms with Gasteiger partial charge in [0, 0.05) is 47.4 Å². The van der Waals surface area contributed by atoms with Crippen molar-refractivity contribution >= 4 is 23.3 Å². The Morgan fingerprint density at radius 1 is 1.17 bits per heavy atom. The number of hydroxylamine groups is 2. The molecule has 2 atom stereocenters. The van der Waals surface area contributed by atoms with Crippen molar-refractivity contribution in [2.75, 3.05) is 7.05 Å². The lowest BCUT2D eigenvalue weighted by Gasteiger charge is -2.46. The molecule has 0 amide bonds. The molecule has 0 saturated heterocycles. The van der Waals surface area contributed by atoms with Gasteiger partial charge in [-0.05, 0) is 61.4 Å². The summed E-state index contributed by atoms with van der Waals surface area (Å²) in [6, 6.07) is 8.44. The molecule has 6 rings (SSSR count). The average Bonchev–Trinajstić information content (AvgIpc) is 3.16. The lowest BCUT2D eigenvalue weighted by atomic mass is 9.64. The molecule has 1 aromatic carbocycles. The van der Waals surface area contributed by atoms with E-state index in [1.165, 1.54) is 16.8 Å². The van der Waals surface area contributed by atoms with Crippen LogP contribution in [-0.4, -0.2) is 28.8 Å². The number of guanidine groups is 1. The van der Waals surface area contributed by atoms with Crippen LogP contribution in [0, 0.1) is 5.41 Å². The highest BCUT2D eigenvalue weighted by atomic mass is 35.5. The Kier molecular flexibility index (Phi) is 3.58. The van der Waals surface area contributed by atoms with Crippen molar-refractivity contribution < 1.29 is 4.84 Å². The fraction of sp³-hybridized carbons (Fsp3) is 0.348. The summed E-state index contributed by atoms with van der Waals surface area (Å²) >= 11 is 6.19. The van der Waals surface area contributed by atoms with E-state index in [1.807, 2.05) is 19.3 Å². The van der Waals surface area contributed by atoms with Gasteiger partial charge >= 0.3 is 0 Å². The minimum absolute atomic E-state index is 0.175. The molecule has 6 nitrogen and oxygen atoms in total. The number of benzene rings is 1. The number of nitrogens with two attached hydrogens (primary N) is 1. The second-order valence-electron chi connectivity index (χ2n) is 8.72. The Balaban J connectivity index is 1.52. The van der Waals surface area contributed by atoms with Crippen LogP contribution in [0.2, 0.25) is 5.02 Å². The fourth-order valence-corrected chi connectivity index (χ4v) is 5.72. The molecule has 1 aromatic heterocycles. The van der Waals surface area contributed by atoms with Gasteiger partial charge in [-0.25, -0.2) is 14.9 Å². The van der Waals surface area contributed by atoms with Crippen molar-refractivity contribution in [2.45, 2.75) is 38.3 Å². The van der Waals surface area contributed by atoms with E-state index in [1.54, 1.807) is 11.3 Å². The molecule has 2 spiro atoms. The summed E-state index contributed by atoms with van der Waals surface area (Å²) in [6.45, 7) is 2.09. The van der Waals surface area contributed by atoms with E-state index in [0.29, 0.717) is 11.0 Å². The standard InChI is InChI=1S/C23H22ClN5O/c1-13-18-10-22(6-5-20(18)27-13)9-15-4-3-14(16-7-17(24)12-26-11-16)8-19(15)23(22)28-21(25)29(2)30-23/h3-4,7-8,11-12H,5-6,9-10H2,1-2H3,(H2,25,28). The Bertz CT molecular complexity index is 1200. The smallest absolute Gasteiger partial charge is 0.221 e.